The molecule has 2 amide bonds. The van der Waals surface area contributed by atoms with Gasteiger partial charge in [0.15, 0.2) is 0 Å². The minimum absolute atomic E-state index is 0.0110. The van der Waals surface area contributed by atoms with Gasteiger partial charge in [-0.1, -0.05) is 32.4 Å². The Morgan fingerprint density at radius 1 is 1.12 bits per heavy atom. The molecule has 0 aliphatic carbocycles. The standard InChI is InChI=1S/C22H23BrClF3N4O3/c1-21(2,3)20(33)31-8-6-30(7-9-31)18-5-4-13(12-28-18)19(32)29-16-11-17(34-22(25,26)27)14(23)10-15(16)24/h4-5,10-12H,6-9H2,1-3H3,(H,29,32). The fourth-order valence-corrected chi connectivity index (χ4v) is 4.11. The number of hydrogen-bond acceptors (Lipinski definition) is 5. The third-order valence-electron chi connectivity index (χ3n) is 5.04. The molecule has 1 fully saturated rings. The number of pyridine rings is 1. The van der Waals surface area contributed by atoms with Gasteiger partial charge in [0.05, 0.1) is 20.7 Å². The largest absolute Gasteiger partial charge is 0.573 e. The average molecular weight is 564 g/mol. The van der Waals surface area contributed by atoms with Crippen molar-refractivity contribution in [3.8, 4) is 5.75 Å². The molecule has 0 unspecified atom stereocenters. The number of aromatic nitrogens is 1. The second-order valence-electron chi connectivity index (χ2n) is 8.70. The summed E-state index contributed by atoms with van der Waals surface area (Å²) in [6, 6.07) is 5.42. The van der Waals surface area contributed by atoms with Crippen molar-refractivity contribution in [2.24, 2.45) is 5.41 Å². The molecular weight excluding hydrogens is 541 g/mol. The third kappa shape index (κ3) is 6.53. The molecule has 1 saturated heterocycles. The smallest absolute Gasteiger partial charge is 0.405 e. The maximum atomic E-state index is 12.6. The molecule has 2 aromatic rings. The van der Waals surface area contributed by atoms with Gasteiger partial charge in [0.25, 0.3) is 5.91 Å². The van der Waals surface area contributed by atoms with E-state index < -0.39 is 23.4 Å². The topological polar surface area (TPSA) is 74.8 Å². The van der Waals surface area contributed by atoms with E-state index in [0.717, 1.165) is 6.07 Å². The Morgan fingerprint density at radius 3 is 2.29 bits per heavy atom. The lowest BCUT2D eigenvalue weighted by Crippen LogP contribution is -2.51. The van der Waals surface area contributed by atoms with Gasteiger partial charge in [-0.25, -0.2) is 4.98 Å². The fourth-order valence-electron chi connectivity index (χ4n) is 3.34. The van der Waals surface area contributed by atoms with Crippen molar-refractivity contribution in [1.29, 1.82) is 0 Å². The van der Waals surface area contributed by atoms with Crippen LogP contribution in [0.2, 0.25) is 5.02 Å². The highest BCUT2D eigenvalue weighted by atomic mass is 79.9. The zero-order valence-electron chi connectivity index (χ0n) is 18.7. The number of hydrogen-bond donors (Lipinski definition) is 1. The van der Waals surface area contributed by atoms with Crippen LogP contribution >= 0.6 is 27.5 Å². The molecule has 1 N–H and O–H groups in total. The second-order valence-corrected chi connectivity index (χ2v) is 9.96. The van der Waals surface area contributed by atoms with Crippen LogP contribution in [0.5, 0.6) is 5.75 Å². The molecular formula is C22H23BrClF3N4O3. The van der Waals surface area contributed by atoms with Crippen molar-refractivity contribution >= 4 is 50.9 Å². The Bertz CT molecular complexity index is 1070. The van der Waals surface area contributed by atoms with Gasteiger partial charge in [0, 0.05) is 43.9 Å². The van der Waals surface area contributed by atoms with Crippen LogP contribution < -0.4 is 15.0 Å². The van der Waals surface area contributed by atoms with Crippen LogP contribution in [0.1, 0.15) is 31.1 Å². The van der Waals surface area contributed by atoms with Gasteiger partial charge < -0.3 is 19.9 Å². The van der Waals surface area contributed by atoms with E-state index in [1.54, 1.807) is 12.1 Å². The zero-order valence-corrected chi connectivity index (χ0v) is 21.0. The second kappa shape index (κ2) is 9.99. The maximum Gasteiger partial charge on any atom is 0.573 e. The van der Waals surface area contributed by atoms with Crippen LogP contribution in [0.4, 0.5) is 24.7 Å². The summed E-state index contributed by atoms with van der Waals surface area (Å²) < 4.78 is 41.7. The maximum absolute atomic E-state index is 12.6. The Kier molecular flexibility index (Phi) is 7.66. The minimum Gasteiger partial charge on any atom is -0.405 e. The summed E-state index contributed by atoms with van der Waals surface area (Å²) >= 11 is 9.01. The molecule has 0 atom stereocenters. The molecule has 0 spiro atoms. The van der Waals surface area contributed by atoms with E-state index >= 15 is 0 Å². The van der Waals surface area contributed by atoms with Crippen molar-refractivity contribution in [3.05, 3.63) is 45.5 Å². The van der Waals surface area contributed by atoms with Crippen molar-refractivity contribution in [1.82, 2.24) is 9.88 Å². The molecule has 184 valence electrons. The molecule has 1 aliphatic heterocycles. The third-order valence-corrected chi connectivity index (χ3v) is 5.97. The monoisotopic (exact) mass is 562 g/mol. The Hall–Kier alpha value is -2.53. The molecule has 3 rings (SSSR count). The van der Waals surface area contributed by atoms with Gasteiger partial charge in [-0.3, -0.25) is 9.59 Å². The highest BCUT2D eigenvalue weighted by Gasteiger charge is 2.33. The SMILES string of the molecule is CC(C)(C)C(=O)N1CCN(c2ccc(C(=O)Nc3cc(OC(F)(F)F)c(Br)cc3Cl)cn2)CC1. The van der Waals surface area contributed by atoms with Crippen molar-refractivity contribution in [2.75, 3.05) is 36.4 Å². The highest BCUT2D eigenvalue weighted by molar-refractivity contribution is 9.10. The first kappa shape index (κ1) is 26.1. The summed E-state index contributed by atoms with van der Waals surface area (Å²) in [6.45, 7) is 8.03. The van der Waals surface area contributed by atoms with Gasteiger partial charge in [0.1, 0.15) is 11.6 Å². The van der Waals surface area contributed by atoms with E-state index in [2.05, 4.69) is 31.0 Å². The summed E-state index contributed by atoms with van der Waals surface area (Å²) in [7, 11) is 0. The molecule has 1 aromatic heterocycles. The van der Waals surface area contributed by atoms with Gasteiger partial charge in [-0.15, -0.1) is 13.2 Å². The Labute approximate surface area is 208 Å². The van der Waals surface area contributed by atoms with Crippen LogP contribution in [0.15, 0.2) is 34.9 Å². The summed E-state index contributed by atoms with van der Waals surface area (Å²) in [4.78, 5) is 33.2. The number of alkyl halides is 3. The number of carbonyl (C=O) groups is 2. The van der Waals surface area contributed by atoms with Crippen molar-refractivity contribution in [2.45, 2.75) is 27.1 Å². The number of piperazine rings is 1. The zero-order chi connectivity index (χ0) is 25.3. The van der Waals surface area contributed by atoms with Crippen LogP contribution in [0.3, 0.4) is 0 Å². The summed E-state index contributed by atoms with van der Waals surface area (Å²) in [5.74, 6) is -0.379. The van der Waals surface area contributed by atoms with E-state index in [0.29, 0.717) is 32.0 Å². The van der Waals surface area contributed by atoms with Gasteiger partial charge in [-0.05, 0) is 34.1 Å². The number of benzene rings is 1. The predicted octanol–water partition coefficient (Wildman–Crippen LogP) is 5.34. The van der Waals surface area contributed by atoms with E-state index in [1.165, 1.54) is 12.3 Å². The molecule has 0 saturated carbocycles. The molecule has 2 heterocycles. The van der Waals surface area contributed by atoms with Gasteiger partial charge >= 0.3 is 6.36 Å². The number of nitrogens with one attached hydrogen (secondary N) is 1. The summed E-state index contributed by atoms with van der Waals surface area (Å²) in [6.07, 6.45) is -3.53. The Balaban J connectivity index is 1.65. The number of rotatable bonds is 4. The van der Waals surface area contributed by atoms with Crippen LogP contribution in [0.25, 0.3) is 0 Å². The molecule has 0 bridgehead atoms. The van der Waals surface area contributed by atoms with E-state index in [9.17, 15) is 22.8 Å². The van der Waals surface area contributed by atoms with Gasteiger partial charge in [-0.2, -0.15) is 0 Å². The lowest BCUT2D eigenvalue weighted by atomic mass is 9.94. The van der Waals surface area contributed by atoms with Crippen LogP contribution in [0, 0.1) is 5.41 Å². The first-order valence-corrected chi connectivity index (χ1v) is 11.5. The molecule has 1 aromatic carbocycles. The first-order valence-electron chi connectivity index (χ1n) is 10.3. The molecule has 1 aliphatic rings. The average Bonchev–Trinajstić information content (AvgIpc) is 2.75. The molecule has 12 heteroatoms. The molecule has 0 radical (unpaired) electrons. The van der Waals surface area contributed by atoms with E-state index in [-0.39, 0.29) is 26.7 Å². The number of nitrogens with zero attached hydrogens (tertiary/aromatic N) is 3. The first-order chi connectivity index (χ1) is 15.7. The van der Waals surface area contributed by atoms with E-state index in [4.69, 9.17) is 11.6 Å². The minimum atomic E-state index is -4.90. The summed E-state index contributed by atoms with van der Waals surface area (Å²) in [5, 5.41) is 2.50. The fraction of sp³-hybridized carbons (Fsp3) is 0.409. The van der Waals surface area contributed by atoms with Crippen molar-refractivity contribution in [3.63, 3.8) is 0 Å². The number of carbonyl (C=O) groups excluding carboxylic acids is 2. The highest BCUT2D eigenvalue weighted by Crippen LogP contribution is 2.37. The van der Waals surface area contributed by atoms with E-state index in [1.807, 2.05) is 30.6 Å². The predicted molar refractivity (Wildman–Crippen MR) is 126 cm³/mol. The number of amides is 2. The van der Waals surface area contributed by atoms with Crippen LogP contribution in [-0.2, 0) is 4.79 Å². The molecule has 34 heavy (non-hydrogen) atoms. The number of halogens is 5. The lowest BCUT2D eigenvalue weighted by molar-refractivity contribution is -0.274. The molecule has 7 nitrogen and oxygen atoms in total. The van der Waals surface area contributed by atoms with Gasteiger partial charge in [0.2, 0.25) is 5.91 Å². The van der Waals surface area contributed by atoms with Crippen LogP contribution in [-0.4, -0.2) is 54.2 Å². The number of ether oxygens (including phenoxy) is 1. The Morgan fingerprint density at radius 2 is 1.76 bits per heavy atom. The lowest BCUT2D eigenvalue weighted by Gasteiger charge is -2.38. The number of anilines is 2. The van der Waals surface area contributed by atoms with Crippen molar-refractivity contribution < 1.29 is 27.5 Å². The summed E-state index contributed by atoms with van der Waals surface area (Å²) in [5.41, 5.74) is -0.285. The quantitative estimate of drug-likeness (QED) is 0.543. The normalized spacial score (nSPS) is 14.7.